The van der Waals surface area contributed by atoms with Gasteiger partial charge in [0.15, 0.2) is 0 Å². The monoisotopic (exact) mass is 268 g/mol. The number of rotatable bonds is 6. The highest BCUT2D eigenvalue weighted by Crippen LogP contribution is 2.44. The van der Waals surface area contributed by atoms with Crippen molar-refractivity contribution in [1.29, 1.82) is 0 Å². The summed E-state index contributed by atoms with van der Waals surface area (Å²) in [6.45, 7) is 7.10. The van der Waals surface area contributed by atoms with Crippen LogP contribution in [0.25, 0.3) is 0 Å². The topological polar surface area (TPSA) is 0 Å². The first-order valence-corrected chi connectivity index (χ1v) is 8.16. The van der Waals surface area contributed by atoms with Gasteiger partial charge >= 0.3 is 0 Å². The summed E-state index contributed by atoms with van der Waals surface area (Å²) in [4.78, 5) is 0. The van der Waals surface area contributed by atoms with Crippen LogP contribution in [-0.2, 0) is 5.41 Å². The largest absolute Gasteiger partial charge is 0.0839 e. The second kappa shape index (κ2) is 6.92. The van der Waals surface area contributed by atoms with Crippen LogP contribution in [0.4, 0.5) is 0 Å². The third kappa shape index (κ3) is 2.90. The Bertz CT molecular complexity index is 466. The van der Waals surface area contributed by atoms with Crippen LogP contribution in [0.3, 0.4) is 0 Å². The van der Waals surface area contributed by atoms with E-state index in [1.807, 2.05) is 0 Å². The Morgan fingerprint density at radius 3 is 2.40 bits per heavy atom. The van der Waals surface area contributed by atoms with E-state index >= 15 is 0 Å². The number of benzene rings is 1. The maximum atomic E-state index is 2.46. The second-order valence-corrected chi connectivity index (χ2v) is 6.10. The van der Waals surface area contributed by atoms with Gasteiger partial charge < -0.3 is 0 Å². The number of hydrogen-bond acceptors (Lipinski definition) is 0. The predicted octanol–water partition coefficient (Wildman–Crippen LogP) is 6.05. The van der Waals surface area contributed by atoms with E-state index < -0.39 is 0 Å². The minimum atomic E-state index is 0.156. The van der Waals surface area contributed by atoms with Crippen molar-refractivity contribution >= 4 is 0 Å². The number of allylic oxidation sites excluding steroid dienone is 4. The van der Waals surface area contributed by atoms with Crippen molar-refractivity contribution in [2.75, 3.05) is 0 Å². The lowest BCUT2D eigenvalue weighted by molar-refractivity contribution is 0.309. The van der Waals surface area contributed by atoms with E-state index in [1.54, 1.807) is 0 Å². The van der Waals surface area contributed by atoms with E-state index in [1.165, 1.54) is 43.2 Å². The molecular formula is C20H28. The first-order valence-electron chi connectivity index (χ1n) is 8.16. The molecule has 0 saturated carbocycles. The van der Waals surface area contributed by atoms with E-state index in [0.29, 0.717) is 5.92 Å². The molecule has 0 aromatic heterocycles. The summed E-state index contributed by atoms with van der Waals surface area (Å²) in [5.74, 6) is 0.712. The molecule has 0 spiro atoms. The molecule has 2 rings (SSSR count). The standard InChI is InChI=1S/C20H28/c1-4-12-17(5-2)20(3,18-13-8-6-9-14-18)19-15-10-7-11-16-19/h6,8-10,13-17H,4-5,7,11-12H2,1-3H3. The maximum Gasteiger partial charge on any atom is 0.0199 e. The molecule has 2 atom stereocenters. The van der Waals surface area contributed by atoms with E-state index in [9.17, 15) is 0 Å². The van der Waals surface area contributed by atoms with Crippen molar-refractivity contribution < 1.29 is 0 Å². The van der Waals surface area contributed by atoms with Crippen LogP contribution < -0.4 is 0 Å². The molecule has 1 aromatic carbocycles. The Balaban J connectivity index is 2.47. The molecule has 0 amide bonds. The lowest BCUT2D eigenvalue weighted by Gasteiger charge is -2.40. The van der Waals surface area contributed by atoms with Gasteiger partial charge in [0.05, 0.1) is 0 Å². The Morgan fingerprint density at radius 2 is 1.85 bits per heavy atom. The van der Waals surface area contributed by atoms with Crippen LogP contribution in [0.5, 0.6) is 0 Å². The minimum absolute atomic E-state index is 0.156. The summed E-state index contributed by atoms with van der Waals surface area (Å²) in [6.07, 6.45) is 13.4. The van der Waals surface area contributed by atoms with Crippen LogP contribution in [0, 0.1) is 5.92 Å². The normalized spacial score (nSPS) is 19.2. The zero-order valence-electron chi connectivity index (χ0n) is 13.2. The summed E-state index contributed by atoms with van der Waals surface area (Å²) in [5, 5.41) is 0. The Morgan fingerprint density at radius 1 is 1.10 bits per heavy atom. The summed E-state index contributed by atoms with van der Waals surface area (Å²) in [6, 6.07) is 11.1. The van der Waals surface area contributed by atoms with Gasteiger partial charge in [-0.05, 0) is 36.3 Å². The molecule has 1 aliphatic rings. The predicted molar refractivity (Wildman–Crippen MR) is 88.9 cm³/mol. The van der Waals surface area contributed by atoms with E-state index in [2.05, 4.69) is 69.3 Å². The molecule has 0 bridgehead atoms. The fourth-order valence-corrected chi connectivity index (χ4v) is 3.67. The summed E-state index contributed by atoms with van der Waals surface area (Å²) in [7, 11) is 0. The Labute approximate surface area is 124 Å². The van der Waals surface area contributed by atoms with Crippen molar-refractivity contribution in [1.82, 2.24) is 0 Å². The second-order valence-electron chi connectivity index (χ2n) is 6.10. The van der Waals surface area contributed by atoms with Crippen molar-refractivity contribution in [2.24, 2.45) is 5.92 Å². The van der Waals surface area contributed by atoms with Crippen molar-refractivity contribution in [2.45, 2.75) is 58.3 Å². The molecule has 0 saturated heterocycles. The summed E-state index contributed by atoms with van der Waals surface area (Å²) < 4.78 is 0. The SMILES string of the molecule is CCCC(CC)C(C)(C1=CCCC=C1)c1ccccc1. The molecule has 0 heterocycles. The van der Waals surface area contributed by atoms with Gasteiger partial charge in [0.25, 0.3) is 0 Å². The highest BCUT2D eigenvalue weighted by Gasteiger charge is 2.36. The van der Waals surface area contributed by atoms with Gasteiger partial charge in [-0.15, -0.1) is 0 Å². The average molecular weight is 268 g/mol. The highest BCUT2D eigenvalue weighted by molar-refractivity contribution is 5.43. The minimum Gasteiger partial charge on any atom is -0.0839 e. The van der Waals surface area contributed by atoms with Gasteiger partial charge in [0, 0.05) is 5.41 Å². The van der Waals surface area contributed by atoms with E-state index in [0.717, 1.165) is 0 Å². The van der Waals surface area contributed by atoms with Gasteiger partial charge in [-0.1, -0.05) is 82.2 Å². The van der Waals surface area contributed by atoms with Gasteiger partial charge in [0.1, 0.15) is 0 Å². The van der Waals surface area contributed by atoms with Gasteiger partial charge in [0.2, 0.25) is 0 Å². The van der Waals surface area contributed by atoms with Crippen LogP contribution in [0.1, 0.15) is 58.4 Å². The molecule has 0 nitrogen and oxygen atoms in total. The van der Waals surface area contributed by atoms with Gasteiger partial charge in [-0.2, -0.15) is 0 Å². The third-order valence-electron chi connectivity index (χ3n) is 4.91. The highest BCUT2D eigenvalue weighted by atomic mass is 14.4. The lowest BCUT2D eigenvalue weighted by Crippen LogP contribution is -2.34. The van der Waals surface area contributed by atoms with Crippen LogP contribution in [-0.4, -0.2) is 0 Å². The first-order chi connectivity index (χ1) is 9.73. The molecule has 0 fully saturated rings. The number of hydrogen-bond donors (Lipinski definition) is 0. The third-order valence-corrected chi connectivity index (χ3v) is 4.91. The van der Waals surface area contributed by atoms with Gasteiger partial charge in [-0.3, -0.25) is 0 Å². The van der Waals surface area contributed by atoms with E-state index in [4.69, 9.17) is 0 Å². The van der Waals surface area contributed by atoms with Crippen molar-refractivity contribution in [3.05, 3.63) is 59.7 Å². The van der Waals surface area contributed by atoms with E-state index in [-0.39, 0.29) is 5.41 Å². The van der Waals surface area contributed by atoms with Gasteiger partial charge in [-0.25, -0.2) is 0 Å². The lowest BCUT2D eigenvalue weighted by atomic mass is 9.63. The first kappa shape index (κ1) is 15.1. The summed E-state index contributed by atoms with van der Waals surface area (Å²) in [5.41, 5.74) is 3.15. The molecule has 0 radical (unpaired) electrons. The van der Waals surface area contributed by atoms with Crippen LogP contribution in [0.15, 0.2) is 54.1 Å². The molecule has 2 unspecified atom stereocenters. The van der Waals surface area contributed by atoms with Crippen LogP contribution in [0.2, 0.25) is 0 Å². The smallest absolute Gasteiger partial charge is 0.0199 e. The molecule has 1 aromatic rings. The molecule has 1 aliphatic carbocycles. The zero-order chi connectivity index (χ0) is 14.4. The van der Waals surface area contributed by atoms with Crippen LogP contribution >= 0.6 is 0 Å². The quantitative estimate of drug-likeness (QED) is 0.589. The fourth-order valence-electron chi connectivity index (χ4n) is 3.67. The van der Waals surface area contributed by atoms with Crippen molar-refractivity contribution in [3.63, 3.8) is 0 Å². The average Bonchev–Trinajstić information content (AvgIpc) is 2.53. The summed E-state index contributed by atoms with van der Waals surface area (Å²) >= 11 is 0. The fraction of sp³-hybridized carbons (Fsp3) is 0.500. The molecule has 0 aliphatic heterocycles. The molecule has 0 N–H and O–H groups in total. The van der Waals surface area contributed by atoms with Crippen molar-refractivity contribution in [3.8, 4) is 0 Å². The molecular weight excluding hydrogens is 240 g/mol. The molecule has 0 heteroatoms. The maximum absolute atomic E-state index is 2.46. The molecule has 108 valence electrons. The Hall–Kier alpha value is -1.30. The molecule has 20 heavy (non-hydrogen) atoms. The Kier molecular flexibility index (Phi) is 5.23. The zero-order valence-corrected chi connectivity index (χ0v) is 13.2.